The molecule has 1 aliphatic heterocycles. The number of esters is 2. The first-order valence-electron chi connectivity index (χ1n) is 11.7. The van der Waals surface area contributed by atoms with Crippen molar-refractivity contribution >= 4 is 11.9 Å². The van der Waals surface area contributed by atoms with E-state index < -0.39 is 11.0 Å². The van der Waals surface area contributed by atoms with Crippen LogP contribution in [0.3, 0.4) is 0 Å². The summed E-state index contributed by atoms with van der Waals surface area (Å²) in [5.41, 5.74) is 5.46. The maximum atomic E-state index is 12.9. The lowest BCUT2D eigenvalue weighted by atomic mass is 9.75. The number of nitrogens with one attached hydrogen (secondary N) is 1. The molecule has 0 amide bonds. The normalized spacial score (nSPS) is 16.8. The third kappa shape index (κ3) is 8.10. The van der Waals surface area contributed by atoms with Gasteiger partial charge in [0.2, 0.25) is 0 Å². The Morgan fingerprint density at radius 1 is 1.16 bits per heavy atom. The van der Waals surface area contributed by atoms with E-state index >= 15 is 0 Å². The van der Waals surface area contributed by atoms with Crippen LogP contribution in [0.2, 0.25) is 0 Å². The van der Waals surface area contributed by atoms with Crippen LogP contribution < -0.4 is 15.8 Å². The van der Waals surface area contributed by atoms with Crippen LogP contribution in [0.5, 0.6) is 5.75 Å². The Balaban J connectivity index is 1.84. The molecule has 1 fully saturated rings. The van der Waals surface area contributed by atoms with Gasteiger partial charge in [0, 0.05) is 12.1 Å². The Labute approximate surface area is 192 Å². The highest BCUT2D eigenvalue weighted by Gasteiger charge is 2.41. The van der Waals surface area contributed by atoms with Crippen LogP contribution in [0, 0.1) is 11.3 Å². The Hall–Kier alpha value is -2.12. The van der Waals surface area contributed by atoms with Gasteiger partial charge in [-0.3, -0.25) is 9.59 Å². The van der Waals surface area contributed by atoms with E-state index in [1.54, 1.807) is 6.92 Å². The first-order valence-corrected chi connectivity index (χ1v) is 11.7. The quantitative estimate of drug-likeness (QED) is 0.394. The molecule has 1 aromatic rings. The Bertz CT molecular complexity index is 738. The molecule has 1 aromatic carbocycles. The molecule has 0 aliphatic carbocycles. The van der Waals surface area contributed by atoms with Crippen molar-refractivity contribution in [3.05, 3.63) is 29.8 Å². The van der Waals surface area contributed by atoms with E-state index in [1.807, 2.05) is 45.0 Å². The van der Waals surface area contributed by atoms with Gasteiger partial charge in [-0.25, -0.2) is 0 Å². The Morgan fingerprint density at radius 3 is 2.50 bits per heavy atom. The van der Waals surface area contributed by atoms with Gasteiger partial charge in [-0.1, -0.05) is 25.1 Å². The zero-order valence-corrected chi connectivity index (χ0v) is 20.1. The number of carbonyl (C=O) groups is 2. The summed E-state index contributed by atoms with van der Waals surface area (Å²) >= 11 is 0. The molecule has 7 nitrogen and oxygen atoms in total. The highest BCUT2D eigenvalue weighted by molar-refractivity contribution is 5.77. The molecule has 1 aliphatic rings. The third-order valence-corrected chi connectivity index (χ3v) is 5.80. The lowest BCUT2D eigenvalue weighted by molar-refractivity contribution is -0.170. The monoisotopic (exact) mass is 448 g/mol. The number of unbranched alkanes of at least 4 members (excludes halogenated alkanes) is 1. The molecule has 1 atom stereocenters. The fraction of sp³-hybridized carbons (Fsp3) is 0.680. The van der Waals surface area contributed by atoms with Gasteiger partial charge in [-0.05, 0) is 72.0 Å². The fourth-order valence-corrected chi connectivity index (χ4v) is 3.75. The summed E-state index contributed by atoms with van der Waals surface area (Å²) in [7, 11) is 0. The Kier molecular flexibility index (Phi) is 9.97. The maximum Gasteiger partial charge on any atom is 0.312 e. The van der Waals surface area contributed by atoms with Crippen LogP contribution in [-0.4, -0.2) is 43.8 Å². The minimum absolute atomic E-state index is 0.0775. The molecule has 1 saturated heterocycles. The zero-order valence-electron chi connectivity index (χ0n) is 20.1. The second kappa shape index (κ2) is 12.2. The van der Waals surface area contributed by atoms with E-state index in [0.717, 1.165) is 50.8 Å². The van der Waals surface area contributed by atoms with Crippen LogP contribution in [0.25, 0.3) is 0 Å². The molecule has 7 heteroatoms. The second-order valence-corrected chi connectivity index (χ2v) is 9.69. The summed E-state index contributed by atoms with van der Waals surface area (Å²) < 4.78 is 17.1. The van der Waals surface area contributed by atoms with Crippen molar-refractivity contribution in [1.82, 2.24) is 5.32 Å². The predicted octanol–water partition coefficient (Wildman–Crippen LogP) is 3.59. The second-order valence-electron chi connectivity index (χ2n) is 9.69. The topological polar surface area (TPSA) is 99.9 Å². The number of hydrogen-bond acceptors (Lipinski definition) is 7. The molecule has 1 unspecified atom stereocenters. The van der Waals surface area contributed by atoms with Gasteiger partial charge in [-0.15, -0.1) is 0 Å². The van der Waals surface area contributed by atoms with Gasteiger partial charge in [0.1, 0.15) is 18.0 Å². The van der Waals surface area contributed by atoms with E-state index in [4.69, 9.17) is 19.9 Å². The summed E-state index contributed by atoms with van der Waals surface area (Å²) in [5, 5.41) is 3.34. The molecule has 0 spiro atoms. The first-order chi connectivity index (χ1) is 15.2. The average molecular weight is 449 g/mol. The smallest absolute Gasteiger partial charge is 0.312 e. The van der Waals surface area contributed by atoms with E-state index in [0.29, 0.717) is 12.4 Å². The van der Waals surface area contributed by atoms with Crippen LogP contribution in [-0.2, 0) is 25.7 Å². The lowest BCUT2D eigenvalue weighted by Gasteiger charge is -2.37. The average Bonchev–Trinajstić information content (AvgIpc) is 2.76. The number of piperidine rings is 1. The standard InChI is InChI=1S/C25H40N2O5/c1-19(17-26)22(28)31-18-20-9-5-6-10-21(20)30-16-8-7-11-25(12-14-27-15-13-25)23(29)32-24(2,3)4/h5-6,9-10,19,27H,7-8,11-18,26H2,1-4H3. The largest absolute Gasteiger partial charge is 0.493 e. The maximum absolute atomic E-state index is 12.9. The molecule has 32 heavy (non-hydrogen) atoms. The summed E-state index contributed by atoms with van der Waals surface area (Å²) in [6, 6.07) is 7.56. The molecule has 3 N–H and O–H groups in total. The molecular formula is C25H40N2O5. The number of nitrogens with two attached hydrogens (primary N) is 1. The molecule has 0 aromatic heterocycles. The van der Waals surface area contributed by atoms with Crippen molar-refractivity contribution in [2.24, 2.45) is 17.1 Å². The van der Waals surface area contributed by atoms with E-state index in [9.17, 15) is 9.59 Å². The highest BCUT2D eigenvalue weighted by atomic mass is 16.6. The Morgan fingerprint density at radius 2 is 1.84 bits per heavy atom. The van der Waals surface area contributed by atoms with Crippen molar-refractivity contribution < 1.29 is 23.8 Å². The lowest BCUT2D eigenvalue weighted by Crippen LogP contribution is -2.45. The summed E-state index contributed by atoms with van der Waals surface area (Å²) in [4.78, 5) is 24.8. The number of benzene rings is 1. The number of carbonyl (C=O) groups excluding carboxylic acids is 2. The van der Waals surface area contributed by atoms with E-state index in [-0.39, 0.29) is 31.0 Å². The van der Waals surface area contributed by atoms with Crippen molar-refractivity contribution in [2.75, 3.05) is 26.2 Å². The van der Waals surface area contributed by atoms with Gasteiger partial charge in [0.05, 0.1) is 17.9 Å². The number of hydrogen-bond donors (Lipinski definition) is 2. The van der Waals surface area contributed by atoms with Crippen LogP contribution >= 0.6 is 0 Å². The van der Waals surface area contributed by atoms with Crippen molar-refractivity contribution in [1.29, 1.82) is 0 Å². The van der Waals surface area contributed by atoms with Crippen LogP contribution in [0.4, 0.5) is 0 Å². The summed E-state index contributed by atoms with van der Waals surface area (Å²) in [5.74, 6) is 0.00258. The highest BCUT2D eigenvalue weighted by Crippen LogP contribution is 2.37. The molecule has 2 rings (SSSR count). The van der Waals surface area contributed by atoms with Crippen molar-refractivity contribution in [2.45, 2.75) is 72.0 Å². The van der Waals surface area contributed by atoms with Crippen LogP contribution in [0.1, 0.15) is 65.4 Å². The number of ether oxygens (including phenoxy) is 3. The van der Waals surface area contributed by atoms with Gasteiger partial charge < -0.3 is 25.3 Å². The molecular weight excluding hydrogens is 408 g/mol. The van der Waals surface area contributed by atoms with E-state index in [2.05, 4.69) is 5.32 Å². The van der Waals surface area contributed by atoms with Gasteiger partial charge in [0.25, 0.3) is 0 Å². The van der Waals surface area contributed by atoms with Gasteiger partial charge in [0.15, 0.2) is 0 Å². The first kappa shape index (κ1) is 26.1. The van der Waals surface area contributed by atoms with E-state index in [1.165, 1.54) is 0 Å². The fourth-order valence-electron chi connectivity index (χ4n) is 3.75. The minimum Gasteiger partial charge on any atom is -0.493 e. The molecule has 0 bridgehead atoms. The number of rotatable bonds is 11. The minimum atomic E-state index is -0.479. The van der Waals surface area contributed by atoms with Gasteiger partial charge >= 0.3 is 11.9 Å². The zero-order chi connectivity index (χ0) is 23.6. The SMILES string of the molecule is CC(CN)C(=O)OCc1ccccc1OCCCCC1(C(=O)OC(C)(C)C)CCNCC1. The molecule has 180 valence electrons. The van der Waals surface area contributed by atoms with Crippen molar-refractivity contribution in [3.63, 3.8) is 0 Å². The number of para-hydroxylation sites is 1. The van der Waals surface area contributed by atoms with Crippen LogP contribution in [0.15, 0.2) is 24.3 Å². The molecule has 1 heterocycles. The molecule has 0 saturated carbocycles. The van der Waals surface area contributed by atoms with Crippen molar-refractivity contribution in [3.8, 4) is 5.75 Å². The molecule has 0 radical (unpaired) electrons. The summed E-state index contributed by atoms with van der Waals surface area (Å²) in [6.45, 7) is 10.1. The third-order valence-electron chi connectivity index (χ3n) is 5.80. The predicted molar refractivity (Wildman–Crippen MR) is 124 cm³/mol. The summed E-state index contributed by atoms with van der Waals surface area (Å²) in [6.07, 6.45) is 4.11. The van der Waals surface area contributed by atoms with Gasteiger partial charge in [-0.2, -0.15) is 0 Å².